The Morgan fingerprint density at radius 2 is 1.62 bits per heavy atom. The number of aliphatic hydroxyl groups is 1. The molecule has 1 nitrogen and oxygen atoms in total. The summed E-state index contributed by atoms with van der Waals surface area (Å²) in [6.07, 6.45) is 0. The summed E-state index contributed by atoms with van der Waals surface area (Å²) in [5.41, 5.74) is 1.07. The van der Waals surface area contributed by atoms with Crippen LogP contribution in [0.2, 0.25) is 0 Å². The molecule has 0 aliphatic rings. The molecule has 1 N–H and O–H groups in total. The number of rotatable bonds is 1. The topological polar surface area (TPSA) is 20.2 Å². The van der Waals surface area contributed by atoms with Gasteiger partial charge in [0.15, 0.2) is 0 Å². The molecule has 1 heteroatoms. The van der Waals surface area contributed by atoms with Crippen molar-refractivity contribution in [3.8, 4) is 0 Å². The molecule has 0 rings (SSSR count). The molecule has 0 unspecified atom stereocenters. The molecule has 0 aromatic heterocycles. The number of hydrogen-bond acceptors (Lipinski definition) is 1. The average molecular weight is 114 g/mol. The Morgan fingerprint density at radius 1 is 1.25 bits per heavy atom. The average Bonchev–Trinajstić information content (AvgIpc) is 1.64. The Bertz CT molecular complexity index is 97.0. The number of hydrogen-bond donors (Lipinski definition) is 1. The quantitative estimate of drug-likeness (QED) is 0.519. The maximum atomic E-state index is 8.87. The lowest BCUT2D eigenvalue weighted by atomic mass is 10.1. The van der Waals surface area contributed by atoms with Gasteiger partial charge in [-0.2, -0.15) is 0 Å². The largest absolute Gasteiger partial charge is 0.513 e. The molecule has 0 aromatic rings. The third-order valence-corrected chi connectivity index (χ3v) is 1.44. The van der Waals surface area contributed by atoms with Gasteiger partial charge in [-0.1, -0.05) is 13.8 Å². The van der Waals surface area contributed by atoms with Gasteiger partial charge in [-0.3, -0.25) is 0 Å². The van der Waals surface area contributed by atoms with Gasteiger partial charge in [0.1, 0.15) is 0 Å². The summed E-state index contributed by atoms with van der Waals surface area (Å²) < 4.78 is 0. The van der Waals surface area contributed by atoms with Gasteiger partial charge in [-0.15, -0.1) is 0 Å². The molecule has 0 saturated carbocycles. The highest BCUT2D eigenvalue weighted by atomic mass is 16.3. The Kier molecular flexibility index (Phi) is 2.59. The summed E-state index contributed by atoms with van der Waals surface area (Å²) in [5, 5.41) is 8.87. The van der Waals surface area contributed by atoms with Gasteiger partial charge >= 0.3 is 0 Å². The maximum absolute atomic E-state index is 8.87. The van der Waals surface area contributed by atoms with Gasteiger partial charge in [-0.05, 0) is 25.3 Å². The first-order valence-electron chi connectivity index (χ1n) is 2.92. The van der Waals surface area contributed by atoms with Gasteiger partial charge in [-0.25, -0.2) is 0 Å². The first-order valence-corrected chi connectivity index (χ1v) is 2.92. The summed E-state index contributed by atoms with van der Waals surface area (Å²) >= 11 is 0. The number of allylic oxidation sites excluding steroid dienone is 2. The van der Waals surface area contributed by atoms with Crippen LogP contribution in [0.25, 0.3) is 0 Å². The van der Waals surface area contributed by atoms with E-state index in [1.165, 1.54) is 0 Å². The Balaban J connectivity index is 4.00. The smallest absolute Gasteiger partial charge is 0.0883 e. The Hall–Kier alpha value is -0.460. The fourth-order valence-corrected chi connectivity index (χ4v) is 0.418. The van der Waals surface area contributed by atoms with Crippen molar-refractivity contribution >= 4 is 0 Å². The van der Waals surface area contributed by atoms with Crippen LogP contribution in [-0.2, 0) is 0 Å². The van der Waals surface area contributed by atoms with Crippen LogP contribution in [0.5, 0.6) is 0 Å². The Morgan fingerprint density at radius 3 is 1.62 bits per heavy atom. The minimum atomic E-state index is 0.458. The van der Waals surface area contributed by atoms with Crippen LogP contribution in [0.3, 0.4) is 0 Å². The highest BCUT2D eigenvalue weighted by Gasteiger charge is 1.97. The highest BCUT2D eigenvalue weighted by Crippen LogP contribution is 2.10. The minimum Gasteiger partial charge on any atom is -0.513 e. The van der Waals surface area contributed by atoms with E-state index < -0.39 is 0 Å². The molecule has 0 saturated heterocycles. The first kappa shape index (κ1) is 7.54. The van der Waals surface area contributed by atoms with Crippen molar-refractivity contribution < 1.29 is 5.11 Å². The van der Waals surface area contributed by atoms with E-state index in [4.69, 9.17) is 5.11 Å². The second kappa shape index (κ2) is 2.75. The minimum absolute atomic E-state index is 0.458. The van der Waals surface area contributed by atoms with Crippen LogP contribution >= 0.6 is 0 Å². The van der Waals surface area contributed by atoms with E-state index >= 15 is 0 Å². The van der Waals surface area contributed by atoms with Crippen molar-refractivity contribution in [1.82, 2.24) is 0 Å². The van der Waals surface area contributed by atoms with Crippen molar-refractivity contribution in [2.45, 2.75) is 27.7 Å². The molecule has 0 aliphatic heterocycles. The standard InChI is InChI=1S/C7H14O/c1-5(2)6(3)7(4)8/h5,8H,1-4H3. The normalized spacial score (nSPS) is 14.1. The van der Waals surface area contributed by atoms with Crippen molar-refractivity contribution in [3.63, 3.8) is 0 Å². The van der Waals surface area contributed by atoms with E-state index in [2.05, 4.69) is 13.8 Å². The van der Waals surface area contributed by atoms with E-state index in [-0.39, 0.29) is 0 Å². The third-order valence-electron chi connectivity index (χ3n) is 1.44. The molecule has 0 atom stereocenters. The molecule has 48 valence electrons. The summed E-state index contributed by atoms with van der Waals surface area (Å²) in [4.78, 5) is 0. The van der Waals surface area contributed by atoms with Crippen molar-refractivity contribution in [3.05, 3.63) is 11.3 Å². The van der Waals surface area contributed by atoms with Crippen LogP contribution in [0.1, 0.15) is 27.7 Å². The van der Waals surface area contributed by atoms with Gasteiger partial charge in [0, 0.05) is 0 Å². The maximum Gasteiger partial charge on any atom is 0.0883 e. The van der Waals surface area contributed by atoms with Crippen molar-refractivity contribution in [2.24, 2.45) is 5.92 Å². The van der Waals surface area contributed by atoms with Crippen LogP contribution in [-0.4, -0.2) is 5.11 Å². The lowest BCUT2D eigenvalue weighted by Crippen LogP contribution is -1.91. The first-order chi connectivity index (χ1) is 3.55. The van der Waals surface area contributed by atoms with Crippen LogP contribution < -0.4 is 0 Å². The molecule has 0 amide bonds. The van der Waals surface area contributed by atoms with Gasteiger partial charge < -0.3 is 5.11 Å². The monoisotopic (exact) mass is 114 g/mol. The zero-order valence-electron chi connectivity index (χ0n) is 6.02. The predicted octanol–water partition coefficient (Wildman–Crippen LogP) is 2.49. The highest BCUT2D eigenvalue weighted by molar-refractivity contribution is 5.03. The predicted molar refractivity (Wildman–Crippen MR) is 35.8 cm³/mol. The van der Waals surface area contributed by atoms with Crippen molar-refractivity contribution in [1.29, 1.82) is 0 Å². The summed E-state index contributed by atoms with van der Waals surface area (Å²) in [5.74, 6) is 0.931. The lowest BCUT2D eigenvalue weighted by Gasteiger charge is -2.04. The molecule has 0 spiro atoms. The molecular formula is C7H14O. The lowest BCUT2D eigenvalue weighted by molar-refractivity contribution is 0.399. The van der Waals surface area contributed by atoms with Crippen molar-refractivity contribution in [2.75, 3.05) is 0 Å². The second-order valence-electron chi connectivity index (χ2n) is 2.42. The molecule has 0 fully saturated rings. The summed E-state index contributed by atoms with van der Waals surface area (Å²) in [6.45, 7) is 7.79. The molecule has 0 aromatic carbocycles. The molecule has 0 radical (unpaired) electrons. The fraction of sp³-hybridized carbons (Fsp3) is 0.714. The van der Waals surface area contributed by atoms with Crippen LogP contribution in [0, 0.1) is 5.92 Å². The molecule has 0 bridgehead atoms. The van der Waals surface area contributed by atoms with E-state index in [9.17, 15) is 0 Å². The third kappa shape index (κ3) is 2.01. The van der Waals surface area contributed by atoms with Crippen LogP contribution in [0.15, 0.2) is 11.3 Å². The number of aliphatic hydroxyl groups excluding tert-OH is 1. The molecule has 0 aliphatic carbocycles. The van der Waals surface area contributed by atoms with E-state index in [1.54, 1.807) is 6.92 Å². The Labute approximate surface area is 51.0 Å². The zero-order chi connectivity index (χ0) is 6.73. The second-order valence-corrected chi connectivity index (χ2v) is 2.42. The summed E-state index contributed by atoms with van der Waals surface area (Å²) in [6, 6.07) is 0. The van der Waals surface area contributed by atoms with Crippen LogP contribution in [0.4, 0.5) is 0 Å². The fourth-order valence-electron chi connectivity index (χ4n) is 0.418. The van der Waals surface area contributed by atoms with Gasteiger partial charge in [0.2, 0.25) is 0 Å². The van der Waals surface area contributed by atoms with E-state index in [1.807, 2.05) is 6.92 Å². The molecule has 8 heavy (non-hydrogen) atoms. The molecule has 0 heterocycles. The van der Waals surface area contributed by atoms with Gasteiger partial charge in [0.25, 0.3) is 0 Å². The SMILES string of the molecule is CC(O)=C(C)C(C)C. The van der Waals surface area contributed by atoms with E-state index in [0.29, 0.717) is 11.7 Å². The van der Waals surface area contributed by atoms with E-state index in [0.717, 1.165) is 5.57 Å². The zero-order valence-corrected chi connectivity index (χ0v) is 6.02. The summed E-state index contributed by atoms with van der Waals surface area (Å²) in [7, 11) is 0. The van der Waals surface area contributed by atoms with Gasteiger partial charge in [0.05, 0.1) is 5.76 Å². The molecular weight excluding hydrogens is 100 g/mol.